The molecule has 5 nitrogen and oxygen atoms in total. The van der Waals surface area contributed by atoms with Crippen LogP contribution in [0, 0.1) is 12.7 Å². The van der Waals surface area contributed by atoms with Crippen LogP contribution in [0.15, 0.2) is 71.5 Å². The molecule has 29 heavy (non-hydrogen) atoms. The summed E-state index contributed by atoms with van der Waals surface area (Å²) in [5.41, 5.74) is 2.84. The molecule has 2 aromatic carbocycles. The zero-order valence-electron chi connectivity index (χ0n) is 15.4. The molecule has 1 N–H and O–H groups in total. The molecule has 2 aromatic heterocycles. The van der Waals surface area contributed by atoms with Gasteiger partial charge in [-0.2, -0.15) is 0 Å². The van der Waals surface area contributed by atoms with Gasteiger partial charge in [0.1, 0.15) is 5.82 Å². The van der Waals surface area contributed by atoms with Crippen LogP contribution in [0.1, 0.15) is 10.4 Å². The van der Waals surface area contributed by atoms with Crippen molar-refractivity contribution in [3.8, 4) is 21.9 Å². The molecule has 0 aliphatic heterocycles. The van der Waals surface area contributed by atoms with Crippen molar-refractivity contribution in [2.45, 2.75) is 6.92 Å². The molecule has 0 aliphatic rings. The zero-order valence-corrected chi connectivity index (χ0v) is 16.2. The summed E-state index contributed by atoms with van der Waals surface area (Å²) in [6.45, 7) is 1.90. The second-order valence-electron chi connectivity index (χ2n) is 6.28. The predicted octanol–water partition coefficient (Wildman–Crippen LogP) is 5.56. The van der Waals surface area contributed by atoms with E-state index in [9.17, 15) is 9.18 Å². The fraction of sp³-hybridized carbons (Fsp3) is 0.0455. The number of nitrogens with one attached hydrogen (secondary N) is 1. The Labute approximate surface area is 170 Å². The molecule has 1 amide bonds. The monoisotopic (exact) mass is 405 g/mol. The van der Waals surface area contributed by atoms with Crippen molar-refractivity contribution in [2.24, 2.45) is 0 Å². The number of anilines is 1. The molecule has 0 spiro atoms. The number of aromatic nitrogens is 2. The maximum atomic E-state index is 13.9. The van der Waals surface area contributed by atoms with Gasteiger partial charge in [0.25, 0.3) is 0 Å². The summed E-state index contributed by atoms with van der Waals surface area (Å²) in [7, 11) is 0. The summed E-state index contributed by atoms with van der Waals surface area (Å²) >= 11 is 1.42. The molecule has 0 aliphatic carbocycles. The first kappa shape index (κ1) is 18.8. The number of thiophene rings is 1. The second-order valence-corrected chi connectivity index (χ2v) is 7.39. The van der Waals surface area contributed by atoms with E-state index < -0.39 is 0 Å². The Morgan fingerprint density at radius 3 is 2.83 bits per heavy atom. The SMILES string of the molecule is Cc1ccc(-c2nnco2)cc1NC(=O)C=Cc1ccc(-c2ccccc2F)s1. The highest BCUT2D eigenvalue weighted by molar-refractivity contribution is 7.16. The van der Waals surface area contributed by atoms with Crippen molar-refractivity contribution in [3.63, 3.8) is 0 Å². The predicted molar refractivity (Wildman–Crippen MR) is 112 cm³/mol. The molecule has 0 unspecified atom stereocenters. The van der Waals surface area contributed by atoms with Crippen LogP contribution in [-0.2, 0) is 4.79 Å². The minimum absolute atomic E-state index is 0.265. The van der Waals surface area contributed by atoms with E-state index in [0.717, 1.165) is 20.9 Å². The fourth-order valence-corrected chi connectivity index (χ4v) is 3.71. The lowest BCUT2D eigenvalue weighted by Crippen LogP contribution is -2.09. The molecule has 0 saturated carbocycles. The lowest BCUT2D eigenvalue weighted by Gasteiger charge is -2.07. The highest BCUT2D eigenvalue weighted by atomic mass is 32.1. The molecule has 0 radical (unpaired) electrons. The lowest BCUT2D eigenvalue weighted by molar-refractivity contribution is -0.111. The number of benzene rings is 2. The first-order valence-electron chi connectivity index (χ1n) is 8.81. The Bertz CT molecular complexity index is 1180. The van der Waals surface area contributed by atoms with E-state index in [2.05, 4.69) is 15.5 Å². The van der Waals surface area contributed by atoms with Crippen molar-refractivity contribution in [2.75, 3.05) is 5.32 Å². The molecule has 4 aromatic rings. The lowest BCUT2D eigenvalue weighted by atomic mass is 10.1. The van der Waals surface area contributed by atoms with Crippen LogP contribution >= 0.6 is 11.3 Å². The highest BCUT2D eigenvalue weighted by Crippen LogP contribution is 2.30. The number of hydrogen-bond acceptors (Lipinski definition) is 5. The van der Waals surface area contributed by atoms with Crippen molar-refractivity contribution in [1.29, 1.82) is 0 Å². The molecule has 0 fully saturated rings. The minimum atomic E-state index is -0.267. The first-order valence-corrected chi connectivity index (χ1v) is 9.63. The zero-order chi connectivity index (χ0) is 20.2. The van der Waals surface area contributed by atoms with Crippen LogP contribution in [-0.4, -0.2) is 16.1 Å². The first-order chi connectivity index (χ1) is 14.1. The van der Waals surface area contributed by atoms with Gasteiger partial charge in [0, 0.05) is 32.6 Å². The summed E-state index contributed by atoms with van der Waals surface area (Å²) in [6, 6.07) is 15.8. The molecule has 144 valence electrons. The van der Waals surface area contributed by atoms with Crippen molar-refractivity contribution in [1.82, 2.24) is 10.2 Å². The van der Waals surface area contributed by atoms with Gasteiger partial charge in [-0.05, 0) is 48.9 Å². The molecule has 7 heteroatoms. The average Bonchev–Trinajstić information content (AvgIpc) is 3.41. The maximum Gasteiger partial charge on any atom is 0.248 e. The van der Waals surface area contributed by atoms with Gasteiger partial charge in [-0.3, -0.25) is 4.79 Å². The van der Waals surface area contributed by atoms with E-state index in [0.29, 0.717) is 17.1 Å². The number of hydrogen-bond donors (Lipinski definition) is 1. The van der Waals surface area contributed by atoms with Gasteiger partial charge in [0.2, 0.25) is 18.2 Å². The summed E-state index contributed by atoms with van der Waals surface area (Å²) in [5.74, 6) is -0.147. The Hall–Kier alpha value is -3.58. The minimum Gasteiger partial charge on any atom is -0.423 e. The number of rotatable bonds is 5. The van der Waals surface area contributed by atoms with Crippen LogP contribution < -0.4 is 5.32 Å². The number of carbonyl (C=O) groups excluding carboxylic acids is 1. The normalized spacial score (nSPS) is 11.1. The Morgan fingerprint density at radius 1 is 1.17 bits per heavy atom. The molecule has 0 bridgehead atoms. The van der Waals surface area contributed by atoms with E-state index in [4.69, 9.17) is 4.42 Å². The molecule has 0 saturated heterocycles. The van der Waals surface area contributed by atoms with E-state index in [-0.39, 0.29) is 11.7 Å². The van der Waals surface area contributed by atoms with Gasteiger partial charge in [-0.15, -0.1) is 21.5 Å². The topological polar surface area (TPSA) is 68.0 Å². The maximum absolute atomic E-state index is 13.9. The molecular formula is C22H16FN3O2S. The largest absolute Gasteiger partial charge is 0.423 e. The third kappa shape index (κ3) is 4.30. The molecule has 2 heterocycles. The van der Waals surface area contributed by atoms with Crippen LogP contribution in [0.5, 0.6) is 0 Å². The summed E-state index contributed by atoms with van der Waals surface area (Å²) in [5, 5.41) is 10.4. The van der Waals surface area contributed by atoms with Crippen LogP contribution in [0.3, 0.4) is 0 Å². The number of amides is 1. The van der Waals surface area contributed by atoms with Crippen LogP contribution in [0.25, 0.3) is 28.0 Å². The number of nitrogens with zero attached hydrogens (tertiary/aromatic N) is 2. The van der Waals surface area contributed by atoms with Gasteiger partial charge in [-0.1, -0.05) is 24.3 Å². The standard InChI is InChI=1S/C22H16FN3O2S/c1-14-6-7-15(22-26-24-13-28-22)12-19(14)25-21(27)11-9-16-8-10-20(29-16)17-4-2-3-5-18(17)23/h2-13H,1H3,(H,25,27). The van der Waals surface area contributed by atoms with Gasteiger partial charge in [0.05, 0.1) is 0 Å². The van der Waals surface area contributed by atoms with Crippen LogP contribution in [0.2, 0.25) is 0 Å². The Kier molecular flexibility index (Phi) is 5.31. The highest BCUT2D eigenvalue weighted by Gasteiger charge is 2.09. The quantitative estimate of drug-likeness (QED) is 0.441. The number of carbonyl (C=O) groups is 1. The number of halogens is 1. The van der Waals surface area contributed by atoms with Gasteiger partial charge in [-0.25, -0.2) is 4.39 Å². The second kappa shape index (κ2) is 8.20. The van der Waals surface area contributed by atoms with Crippen molar-refractivity contribution >= 4 is 29.0 Å². The fourth-order valence-electron chi connectivity index (χ4n) is 2.77. The summed E-state index contributed by atoms with van der Waals surface area (Å²) in [6.07, 6.45) is 4.42. The molecule has 4 rings (SSSR count). The third-order valence-electron chi connectivity index (χ3n) is 4.27. The average molecular weight is 405 g/mol. The van der Waals surface area contributed by atoms with E-state index >= 15 is 0 Å². The van der Waals surface area contributed by atoms with Gasteiger partial charge < -0.3 is 9.73 Å². The third-order valence-corrected chi connectivity index (χ3v) is 5.35. The molecular weight excluding hydrogens is 389 g/mol. The van der Waals surface area contributed by atoms with Crippen LogP contribution in [0.4, 0.5) is 10.1 Å². The summed E-state index contributed by atoms with van der Waals surface area (Å²) < 4.78 is 19.1. The van der Waals surface area contributed by atoms with Crippen molar-refractivity contribution < 1.29 is 13.6 Å². The summed E-state index contributed by atoms with van der Waals surface area (Å²) in [4.78, 5) is 14.0. The van der Waals surface area contributed by atoms with E-state index in [1.54, 1.807) is 30.3 Å². The van der Waals surface area contributed by atoms with Crippen molar-refractivity contribution in [3.05, 3.63) is 83.3 Å². The Morgan fingerprint density at radius 2 is 2.03 bits per heavy atom. The Balaban J connectivity index is 1.47. The van der Waals surface area contributed by atoms with Gasteiger partial charge >= 0.3 is 0 Å². The van der Waals surface area contributed by atoms with E-state index in [1.807, 2.05) is 31.2 Å². The van der Waals surface area contributed by atoms with Gasteiger partial charge in [0.15, 0.2) is 0 Å². The smallest absolute Gasteiger partial charge is 0.248 e. The number of aryl methyl sites for hydroxylation is 1. The molecule has 0 atom stereocenters. The van der Waals surface area contributed by atoms with E-state index in [1.165, 1.54) is 29.9 Å².